The summed E-state index contributed by atoms with van der Waals surface area (Å²) >= 11 is 11.9. The number of hydrogen-bond acceptors (Lipinski definition) is 4. The van der Waals surface area contributed by atoms with E-state index in [1.807, 2.05) is 0 Å². The van der Waals surface area contributed by atoms with E-state index in [1.54, 1.807) is 18.2 Å². The fraction of sp³-hybridized carbons (Fsp3) is 0.526. The first-order valence-corrected chi connectivity index (χ1v) is 10.1. The summed E-state index contributed by atoms with van der Waals surface area (Å²) < 4.78 is 7.80. The molecule has 0 bridgehead atoms. The number of aromatic nitrogens is 3. The zero-order valence-electron chi connectivity index (χ0n) is 15.2. The van der Waals surface area contributed by atoms with Crippen molar-refractivity contribution < 1.29 is 9.53 Å². The molecule has 0 saturated heterocycles. The van der Waals surface area contributed by atoms with Crippen LogP contribution >= 0.6 is 23.2 Å². The monoisotopic (exact) mass is 410 g/mol. The standard InChI is InChI=1S/C19H24Cl2N4O2/c20-14-7-8-16(15(21)13-14)27-12-4-6-19(26)22-10-9-18-24-23-17-5-2-1-3-11-25(17)18/h7-8,13H,1-6,9-12H2,(H,22,26). The van der Waals surface area contributed by atoms with Gasteiger partial charge in [0.15, 0.2) is 0 Å². The van der Waals surface area contributed by atoms with E-state index in [-0.39, 0.29) is 5.91 Å². The Kier molecular flexibility index (Phi) is 7.35. The molecule has 3 rings (SSSR count). The lowest BCUT2D eigenvalue weighted by Crippen LogP contribution is -2.26. The maximum absolute atomic E-state index is 12.0. The van der Waals surface area contributed by atoms with Gasteiger partial charge in [-0.1, -0.05) is 29.6 Å². The number of carbonyl (C=O) groups is 1. The van der Waals surface area contributed by atoms with Gasteiger partial charge in [-0.25, -0.2) is 0 Å². The van der Waals surface area contributed by atoms with Crippen molar-refractivity contribution in [3.05, 3.63) is 39.9 Å². The number of benzene rings is 1. The molecular weight excluding hydrogens is 387 g/mol. The molecule has 0 fully saturated rings. The Bertz CT molecular complexity index is 779. The SMILES string of the molecule is O=C(CCCOc1ccc(Cl)cc1Cl)NCCc1nnc2n1CCCCC2. The zero-order chi connectivity index (χ0) is 19.1. The number of rotatable bonds is 8. The number of carbonyl (C=O) groups excluding carboxylic acids is 1. The van der Waals surface area contributed by atoms with Gasteiger partial charge in [0.1, 0.15) is 17.4 Å². The van der Waals surface area contributed by atoms with Gasteiger partial charge < -0.3 is 14.6 Å². The quantitative estimate of drug-likeness (QED) is 0.671. The molecule has 2 aromatic rings. The number of nitrogens with one attached hydrogen (secondary N) is 1. The van der Waals surface area contributed by atoms with E-state index < -0.39 is 0 Å². The number of aryl methyl sites for hydroxylation is 1. The van der Waals surface area contributed by atoms with Crippen molar-refractivity contribution >= 4 is 29.1 Å². The van der Waals surface area contributed by atoms with E-state index in [2.05, 4.69) is 20.1 Å². The smallest absolute Gasteiger partial charge is 0.220 e. The molecule has 0 aliphatic carbocycles. The molecule has 1 aliphatic rings. The fourth-order valence-corrected chi connectivity index (χ4v) is 3.60. The summed E-state index contributed by atoms with van der Waals surface area (Å²) in [6.07, 6.45) is 6.31. The van der Waals surface area contributed by atoms with Crippen LogP contribution in [0.2, 0.25) is 10.0 Å². The van der Waals surface area contributed by atoms with Gasteiger partial charge in [-0.3, -0.25) is 4.79 Å². The zero-order valence-corrected chi connectivity index (χ0v) is 16.7. The van der Waals surface area contributed by atoms with Crippen molar-refractivity contribution in [2.75, 3.05) is 13.2 Å². The highest BCUT2D eigenvalue weighted by Gasteiger charge is 2.14. The number of hydrogen-bond donors (Lipinski definition) is 1. The number of nitrogens with zero attached hydrogens (tertiary/aromatic N) is 3. The molecule has 0 saturated carbocycles. The Morgan fingerprint density at radius 3 is 2.96 bits per heavy atom. The van der Waals surface area contributed by atoms with E-state index in [0.29, 0.717) is 48.2 Å². The molecule has 27 heavy (non-hydrogen) atoms. The molecule has 2 heterocycles. The third-order valence-electron chi connectivity index (χ3n) is 4.56. The van der Waals surface area contributed by atoms with Crippen molar-refractivity contribution in [3.8, 4) is 5.75 Å². The molecule has 0 spiro atoms. The molecule has 1 aromatic heterocycles. The number of ether oxygens (including phenoxy) is 1. The van der Waals surface area contributed by atoms with Gasteiger partial charge in [-0.05, 0) is 37.5 Å². The fourth-order valence-electron chi connectivity index (χ4n) is 3.14. The van der Waals surface area contributed by atoms with Crippen LogP contribution in [-0.4, -0.2) is 33.8 Å². The Morgan fingerprint density at radius 2 is 2.11 bits per heavy atom. The predicted molar refractivity (Wildman–Crippen MR) is 105 cm³/mol. The third kappa shape index (κ3) is 5.84. The summed E-state index contributed by atoms with van der Waals surface area (Å²) in [5.74, 6) is 2.63. The summed E-state index contributed by atoms with van der Waals surface area (Å²) in [4.78, 5) is 12.0. The summed E-state index contributed by atoms with van der Waals surface area (Å²) in [7, 11) is 0. The largest absolute Gasteiger partial charge is 0.492 e. The molecule has 0 unspecified atom stereocenters. The van der Waals surface area contributed by atoms with Crippen molar-refractivity contribution in [2.45, 2.75) is 51.5 Å². The van der Waals surface area contributed by atoms with Crippen molar-refractivity contribution in [1.29, 1.82) is 0 Å². The molecule has 146 valence electrons. The van der Waals surface area contributed by atoms with Gasteiger partial charge in [-0.2, -0.15) is 0 Å². The topological polar surface area (TPSA) is 69.0 Å². The molecular formula is C19H24Cl2N4O2. The summed E-state index contributed by atoms with van der Waals surface area (Å²) in [6, 6.07) is 5.09. The molecule has 8 heteroatoms. The highest BCUT2D eigenvalue weighted by Crippen LogP contribution is 2.27. The Labute approximate surface area is 169 Å². The minimum atomic E-state index is 0.0106. The van der Waals surface area contributed by atoms with Gasteiger partial charge in [0.2, 0.25) is 5.91 Å². The van der Waals surface area contributed by atoms with E-state index >= 15 is 0 Å². The third-order valence-corrected chi connectivity index (χ3v) is 5.09. The van der Waals surface area contributed by atoms with Crippen molar-refractivity contribution in [2.24, 2.45) is 0 Å². The van der Waals surface area contributed by atoms with Crippen molar-refractivity contribution in [3.63, 3.8) is 0 Å². The van der Waals surface area contributed by atoms with Gasteiger partial charge in [-0.15, -0.1) is 10.2 Å². The molecule has 1 N–H and O–H groups in total. The summed E-state index contributed by atoms with van der Waals surface area (Å²) in [5, 5.41) is 12.5. The van der Waals surface area contributed by atoms with Crippen LogP contribution in [0.25, 0.3) is 0 Å². The van der Waals surface area contributed by atoms with Crippen LogP contribution in [0.4, 0.5) is 0 Å². The Hall–Kier alpha value is -1.79. The number of halogens is 2. The Morgan fingerprint density at radius 1 is 1.22 bits per heavy atom. The van der Waals surface area contributed by atoms with Gasteiger partial charge >= 0.3 is 0 Å². The van der Waals surface area contributed by atoms with Gasteiger partial charge in [0.05, 0.1) is 11.6 Å². The first kappa shape index (κ1) is 20.0. The summed E-state index contributed by atoms with van der Waals surface area (Å²) in [6.45, 7) is 1.98. The van der Waals surface area contributed by atoms with Crippen LogP contribution < -0.4 is 10.1 Å². The van der Waals surface area contributed by atoms with Crippen LogP contribution in [0.15, 0.2) is 18.2 Å². The highest BCUT2D eigenvalue weighted by molar-refractivity contribution is 6.35. The van der Waals surface area contributed by atoms with E-state index in [4.69, 9.17) is 27.9 Å². The van der Waals surface area contributed by atoms with E-state index in [9.17, 15) is 4.79 Å². The maximum Gasteiger partial charge on any atom is 0.220 e. The van der Waals surface area contributed by atoms with E-state index in [0.717, 1.165) is 24.6 Å². The number of fused-ring (bicyclic) bond motifs is 1. The molecule has 6 nitrogen and oxygen atoms in total. The average Bonchev–Trinajstić information content (AvgIpc) is 2.87. The van der Waals surface area contributed by atoms with Crippen LogP contribution in [0.3, 0.4) is 0 Å². The van der Waals surface area contributed by atoms with Crippen LogP contribution in [-0.2, 0) is 24.2 Å². The second kappa shape index (κ2) is 9.95. The minimum absolute atomic E-state index is 0.0106. The molecule has 0 radical (unpaired) electrons. The molecule has 1 aliphatic heterocycles. The maximum atomic E-state index is 12.0. The summed E-state index contributed by atoms with van der Waals surface area (Å²) in [5.41, 5.74) is 0. The normalized spacial score (nSPS) is 13.7. The second-order valence-corrected chi connectivity index (χ2v) is 7.47. The molecule has 1 aromatic carbocycles. The lowest BCUT2D eigenvalue weighted by Gasteiger charge is -2.09. The van der Waals surface area contributed by atoms with Crippen LogP contribution in [0.5, 0.6) is 5.75 Å². The minimum Gasteiger partial charge on any atom is -0.492 e. The first-order valence-electron chi connectivity index (χ1n) is 9.39. The van der Waals surface area contributed by atoms with Crippen LogP contribution in [0, 0.1) is 0 Å². The average molecular weight is 411 g/mol. The predicted octanol–water partition coefficient (Wildman–Crippen LogP) is 3.83. The lowest BCUT2D eigenvalue weighted by atomic mass is 10.2. The molecule has 1 amide bonds. The second-order valence-electron chi connectivity index (χ2n) is 6.62. The Balaban J connectivity index is 1.34. The van der Waals surface area contributed by atoms with Crippen molar-refractivity contribution in [1.82, 2.24) is 20.1 Å². The highest BCUT2D eigenvalue weighted by atomic mass is 35.5. The van der Waals surface area contributed by atoms with Gasteiger partial charge in [0.25, 0.3) is 0 Å². The van der Waals surface area contributed by atoms with E-state index in [1.165, 1.54) is 19.3 Å². The van der Waals surface area contributed by atoms with Crippen LogP contribution in [0.1, 0.15) is 43.8 Å². The number of amides is 1. The lowest BCUT2D eigenvalue weighted by molar-refractivity contribution is -0.121. The van der Waals surface area contributed by atoms with Gasteiger partial charge in [0, 0.05) is 37.4 Å². The molecule has 0 atom stereocenters. The first-order chi connectivity index (χ1) is 13.1.